The van der Waals surface area contributed by atoms with Crippen LogP contribution in [0, 0.1) is 0 Å². The summed E-state index contributed by atoms with van der Waals surface area (Å²) < 4.78 is 0. The number of rotatable bonds is 3. The zero-order valence-electron chi connectivity index (χ0n) is 5.15. The average Bonchev–Trinajstić information content (AvgIpc) is 1.84. The summed E-state index contributed by atoms with van der Waals surface area (Å²) in [7, 11) is 0. The molecule has 10 heavy (non-hydrogen) atoms. The molecule has 2 unspecified atom stereocenters. The maximum atomic E-state index is 10.2. The molecule has 7 N–H and O–H groups in total. The summed E-state index contributed by atoms with van der Waals surface area (Å²) in [4.78, 5) is 20.3. The van der Waals surface area contributed by atoms with Gasteiger partial charge in [0.25, 0.3) is 0 Å². The predicted molar refractivity (Wildman–Crippen MR) is 32.4 cm³/mol. The normalized spacial score (nSPS) is 15.8. The van der Waals surface area contributed by atoms with Crippen molar-refractivity contribution in [2.24, 2.45) is 17.2 Å². The van der Waals surface area contributed by atoms with E-state index in [2.05, 4.69) is 11.5 Å². The average molecular weight is 147 g/mol. The highest BCUT2D eigenvalue weighted by molar-refractivity contribution is 5.89. The van der Waals surface area contributed by atoms with Gasteiger partial charge in [-0.05, 0) is 0 Å². The summed E-state index contributed by atoms with van der Waals surface area (Å²) in [6.45, 7) is 0. The molecule has 6 heteroatoms. The van der Waals surface area contributed by atoms with Crippen LogP contribution < -0.4 is 17.2 Å². The molecule has 2 atom stereocenters. The summed E-state index contributed by atoms with van der Waals surface area (Å²) >= 11 is 0. The van der Waals surface area contributed by atoms with Crippen molar-refractivity contribution in [2.75, 3.05) is 0 Å². The maximum absolute atomic E-state index is 10.2. The summed E-state index contributed by atoms with van der Waals surface area (Å²) in [6, 6.07) is -1.42. The molecule has 0 bridgehead atoms. The van der Waals surface area contributed by atoms with Crippen molar-refractivity contribution in [3.63, 3.8) is 0 Å². The fourth-order valence-corrected chi connectivity index (χ4v) is 0.333. The number of carbonyl (C=O) groups is 2. The van der Waals surface area contributed by atoms with Crippen LogP contribution in [0.2, 0.25) is 0 Å². The van der Waals surface area contributed by atoms with Gasteiger partial charge in [-0.1, -0.05) is 0 Å². The number of carbonyl (C=O) groups excluding carboxylic acids is 2. The molecule has 0 saturated carbocycles. The Hall–Kier alpha value is -1.14. The van der Waals surface area contributed by atoms with Gasteiger partial charge in [0.05, 0.1) is 0 Å². The number of primary amides is 2. The van der Waals surface area contributed by atoms with E-state index in [0.29, 0.717) is 0 Å². The molecule has 0 aromatic carbocycles. The largest absolute Gasteiger partial charge is 0.381 e. The lowest BCUT2D eigenvalue weighted by molar-refractivity contribution is -0.132. The number of amides is 2. The molecule has 0 saturated heterocycles. The highest BCUT2D eigenvalue weighted by Crippen LogP contribution is 1.86. The molecule has 0 spiro atoms. The van der Waals surface area contributed by atoms with Crippen molar-refractivity contribution >= 4 is 11.8 Å². The second-order valence-corrected chi connectivity index (χ2v) is 1.78. The van der Waals surface area contributed by atoms with Gasteiger partial charge in [-0.2, -0.15) is 0 Å². The lowest BCUT2D eigenvalue weighted by Gasteiger charge is -2.10. The molecule has 2 amide bonds. The second-order valence-electron chi connectivity index (χ2n) is 1.78. The van der Waals surface area contributed by atoms with Gasteiger partial charge in [-0.3, -0.25) is 9.59 Å². The number of aliphatic hydroxyl groups excluding tert-OH is 1. The van der Waals surface area contributed by atoms with Gasteiger partial charge in [0.2, 0.25) is 11.8 Å². The standard InChI is InChI=1S/C4H9N3O3/c5-1(3(6)9)2(8)4(7)10/h1-2,8H,5H2,(H2,6,9)(H2,7,10). The van der Waals surface area contributed by atoms with Gasteiger partial charge >= 0.3 is 0 Å². The lowest BCUT2D eigenvalue weighted by Crippen LogP contribution is -2.51. The van der Waals surface area contributed by atoms with Gasteiger partial charge in [-0.25, -0.2) is 0 Å². The highest BCUT2D eigenvalue weighted by Gasteiger charge is 2.24. The Morgan fingerprint density at radius 3 is 1.70 bits per heavy atom. The summed E-state index contributed by atoms with van der Waals surface area (Å²) in [5, 5.41) is 8.66. The van der Waals surface area contributed by atoms with Crippen LogP contribution in [0.4, 0.5) is 0 Å². The van der Waals surface area contributed by atoms with E-state index in [9.17, 15) is 9.59 Å². The van der Waals surface area contributed by atoms with Crippen LogP contribution in [0.5, 0.6) is 0 Å². The molecule has 58 valence electrons. The predicted octanol–water partition coefficient (Wildman–Crippen LogP) is -3.35. The van der Waals surface area contributed by atoms with Crippen molar-refractivity contribution in [1.82, 2.24) is 0 Å². The molecule has 6 nitrogen and oxygen atoms in total. The third-order valence-corrected chi connectivity index (χ3v) is 0.960. The van der Waals surface area contributed by atoms with Crippen LogP contribution >= 0.6 is 0 Å². The van der Waals surface area contributed by atoms with E-state index < -0.39 is 24.0 Å². The minimum atomic E-state index is -1.70. The van der Waals surface area contributed by atoms with Gasteiger partial charge < -0.3 is 22.3 Å². The van der Waals surface area contributed by atoms with Crippen LogP contribution in [0.1, 0.15) is 0 Å². The van der Waals surface area contributed by atoms with Gasteiger partial charge in [0, 0.05) is 0 Å². The van der Waals surface area contributed by atoms with Gasteiger partial charge in [-0.15, -0.1) is 0 Å². The number of hydrogen-bond donors (Lipinski definition) is 4. The molecule has 0 aliphatic heterocycles. The van der Waals surface area contributed by atoms with Crippen molar-refractivity contribution in [1.29, 1.82) is 0 Å². The molecular weight excluding hydrogens is 138 g/mol. The molecular formula is C4H9N3O3. The van der Waals surface area contributed by atoms with E-state index in [1.54, 1.807) is 0 Å². The monoisotopic (exact) mass is 147 g/mol. The topological polar surface area (TPSA) is 132 Å². The zero-order chi connectivity index (χ0) is 8.31. The minimum Gasteiger partial charge on any atom is -0.381 e. The molecule has 0 heterocycles. The van der Waals surface area contributed by atoms with Gasteiger partial charge in [0.15, 0.2) is 6.10 Å². The first kappa shape index (κ1) is 8.86. The summed E-state index contributed by atoms with van der Waals surface area (Å²) in [5.74, 6) is -2.03. The van der Waals surface area contributed by atoms with E-state index in [1.165, 1.54) is 0 Å². The maximum Gasteiger partial charge on any atom is 0.248 e. The molecule has 0 aliphatic carbocycles. The van der Waals surface area contributed by atoms with Crippen molar-refractivity contribution in [3.8, 4) is 0 Å². The van der Waals surface area contributed by atoms with E-state index in [4.69, 9.17) is 10.8 Å². The molecule has 0 fully saturated rings. The fourth-order valence-electron chi connectivity index (χ4n) is 0.333. The van der Waals surface area contributed by atoms with E-state index in [0.717, 1.165) is 0 Å². The SMILES string of the molecule is NC(=O)C(N)C(O)C(N)=O. The number of aliphatic hydroxyl groups is 1. The Kier molecular flexibility index (Phi) is 2.78. The smallest absolute Gasteiger partial charge is 0.248 e. The van der Waals surface area contributed by atoms with E-state index in [1.807, 2.05) is 0 Å². The number of nitrogens with two attached hydrogens (primary N) is 3. The Bertz CT molecular complexity index is 140. The van der Waals surface area contributed by atoms with Crippen molar-refractivity contribution in [2.45, 2.75) is 12.1 Å². The van der Waals surface area contributed by atoms with E-state index >= 15 is 0 Å². The molecule has 0 radical (unpaired) electrons. The lowest BCUT2D eigenvalue weighted by atomic mass is 10.1. The Labute approximate surface area is 57.0 Å². The highest BCUT2D eigenvalue weighted by atomic mass is 16.3. The molecule has 0 aromatic rings. The molecule has 0 rings (SSSR count). The first-order chi connectivity index (χ1) is 4.46. The Morgan fingerprint density at radius 1 is 1.20 bits per heavy atom. The quantitative estimate of drug-likeness (QED) is 0.332. The van der Waals surface area contributed by atoms with Crippen LogP contribution in [0.15, 0.2) is 0 Å². The number of hydrogen-bond acceptors (Lipinski definition) is 4. The molecule has 0 aromatic heterocycles. The van der Waals surface area contributed by atoms with E-state index in [-0.39, 0.29) is 0 Å². The Morgan fingerprint density at radius 2 is 1.60 bits per heavy atom. The summed E-state index contributed by atoms with van der Waals surface area (Å²) in [5.41, 5.74) is 14.2. The Balaban J connectivity index is 4.07. The third-order valence-electron chi connectivity index (χ3n) is 0.960. The van der Waals surface area contributed by atoms with Crippen LogP contribution in [-0.4, -0.2) is 29.1 Å². The first-order valence-corrected chi connectivity index (χ1v) is 2.49. The third kappa shape index (κ3) is 2.00. The fraction of sp³-hybridized carbons (Fsp3) is 0.500. The zero-order valence-corrected chi connectivity index (χ0v) is 5.15. The minimum absolute atomic E-state index is 0.966. The van der Waals surface area contributed by atoms with Crippen molar-refractivity contribution in [3.05, 3.63) is 0 Å². The molecule has 0 aliphatic rings. The summed E-state index contributed by atoms with van der Waals surface area (Å²) in [6.07, 6.45) is -1.70. The van der Waals surface area contributed by atoms with Crippen LogP contribution in [0.25, 0.3) is 0 Å². The first-order valence-electron chi connectivity index (χ1n) is 2.49. The van der Waals surface area contributed by atoms with Gasteiger partial charge in [0.1, 0.15) is 6.04 Å². The van der Waals surface area contributed by atoms with Crippen LogP contribution in [-0.2, 0) is 9.59 Å². The van der Waals surface area contributed by atoms with Crippen molar-refractivity contribution < 1.29 is 14.7 Å². The second kappa shape index (κ2) is 3.14. The van der Waals surface area contributed by atoms with Crippen LogP contribution in [0.3, 0.4) is 0 Å².